The van der Waals surface area contributed by atoms with E-state index in [2.05, 4.69) is 0 Å². The molecule has 0 spiro atoms. The quantitative estimate of drug-likeness (QED) is 0.197. The van der Waals surface area contributed by atoms with Crippen molar-refractivity contribution < 1.29 is 18.5 Å². The van der Waals surface area contributed by atoms with Gasteiger partial charge in [0.05, 0.1) is 17.0 Å². The van der Waals surface area contributed by atoms with Crippen molar-refractivity contribution in [3.63, 3.8) is 0 Å². The molecule has 0 fully saturated rings. The van der Waals surface area contributed by atoms with Gasteiger partial charge in [0.2, 0.25) is 0 Å². The lowest BCUT2D eigenvalue weighted by Gasteiger charge is -2.08. The maximum Gasteiger partial charge on any atom is 0.419 e. The second-order valence-electron chi connectivity index (χ2n) is 6.73. The van der Waals surface area contributed by atoms with Crippen LogP contribution in [0.5, 0.6) is 5.75 Å². The summed E-state index contributed by atoms with van der Waals surface area (Å²) in [6.07, 6.45) is 1.18. The fraction of sp³-hybridized carbons (Fsp3) is 0.238. The van der Waals surface area contributed by atoms with E-state index in [1.54, 1.807) is 12.1 Å². The molecular weight excluding hydrogens is 392 g/mol. The van der Waals surface area contributed by atoms with Gasteiger partial charge in [0, 0.05) is 36.2 Å². The average molecular weight is 410 g/mol. The molecule has 0 radical (unpaired) electrons. The van der Waals surface area contributed by atoms with Crippen LogP contribution in [0.3, 0.4) is 0 Å². The minimum absolute atomic E-state index is 0.114. The van der Waals surface area contributed by atoms with Crippen LogP contribution >= 0.6 is 0 Å². The number of hydrogen-bond donors (Lipinski definition) is 0. The first kappa shape index (κ1) is 19.4. The van der Waals surface area contributed by atoms with E-state index in [1.807, 2.05) is 13.0 Å². The molecule has 4 aromatic rings. The summed E-state index contributed by atoms with van der Waals surface area (Å²) in [6.45, 7) is 2.53. The number of nitrogens with zero attached hydrogens (tertiary/aromatic N) is 2. The van der Waals surface area contributed by atoms with Crippen molar-refractivity contribution >= 4 is 27.8 Å². The zero-order chi connectivity index (χ0) is 21.3. The first-order chi connectivity index (χ1) is 14.5. The Balaban J connectivity index is 1.47. The third-order valence-corrected chi connectivity index (χ3v) is 4.84. The first-order valence-corrected chi connectivity index (χ1v) is 9.43. The predicted octanol–water partition coefficient (Wildman–Crippen LogP) is 3.64. The van der Waals surface area contributed by atoms with Gasteiger partial charge in [0.15, 0.2) is 5.58 Å². The normalized spacial score (nSPS) is 11.2. The van der Waals surface area contributed by atoms with E-state index in [4.69, 9.17) is 13.6 Å². The highest BCUT2D eigenvalue weighted by Gasteiger charge is 2.14. The van der Waals surface area contributed by atoms with Crippen LogP contribution in [-0.2, 0) is 13.0 Å². The van der Waals surface area contributed by atoms with E-state index < -0.39 is 16.3 Å². The van der Waals surface area contributed by atoms with Gasteiger partial charge in [0.1, 0.15) is 11.3 Å². The van der Waals surface area contributed by atoms with Crippen LogP contribution in [0.15, 0.2) is 60.9 Å². The van der Waals surface area contributed by atoms with Gasteiger partial charge in [-0.05, 0) is 36.6 Å². The van der Waals surface area contributed by atoms with E-state index in [1.165, 1.54) is 28.8 Å². The molecule has 0 aliphatic carbocycles. The number of rotatable bonds is 7. The van der Waals surface area contributed by atoms with E-state index >= 15 is 0 Å². The summed E-state index contributed by atoms with van der Waals surface area (Å²) < 4.78 is 17.5. The van der Waals surface area contributed by atoms with Crippen LogP contribution in [0.25, 0.3) is 22.1 Å². The Kier molecular flexibility index (Phi) is 5.09. The Hall–Kier alpha value is -3.88. The maximum absolute atomic E-state index is 12.1. The lowest BCUT2D eigenvalue weighted by Crippen LogP contribution is -2.16. The third kappa shape index (κ3) is 3.69. The van der Waals surface area contributed by atoms with Crippen LogP contribution < -0.4 is 16.1 Å². The summed E-state index contributed by atoms with van der Waals surface area (Å²) >= 11 is 0. The molecular formula is C21H18N2O7. The molecule has 0 aliphatic rings. The molecule has 0 atom stereocenters. The number of oxazole rings is 1. The Morgan fingerprint density at radius 1 is 1.07 bits per heavy atom. The summed E-state index contributed by atoms with van der Waals surface area (Å²) in [4.78, 5) is 34.2. The molecule has 2 aromatic heterocycles. The van der Waals surface area contributed by atoms with Crippen LogP contribution in [0.2, 0.25) is 0 Å². The molecule has 2 aromatic carbocycles. The van der Waals surface area contributed by atoms with Gasteiger partial charge in [0.25, 0.3) is 5.69 Å². The molecule has 0 N–H and O–H groups in total. The Labute approximate surface area is 169 Å². The second-order valence-corrected chi connectivity index (χ2v) is 6.73. The van der Waals surface area contributed by atoms with Crippen molar-refractivity contribution in [2.45, 2.75) is 26.3 Å². The molecule has 2 heterocycles. The van der Waals surface area contributed by atoms with Crippen molar-refractivity contribution in [3.05, 3.63) is 79.1 Å². The molecule has 154 valence electrons. The standard InChI is InChI=1S/C21H18N2O7/c1-2-13-10-20(24)29-19-12-15(5-6-16(13)19)28-9-3-8-22-17-11-14(23(26)27)4-7-18(17)30-21(22)25/h4-7,10-12H,2-3,8-9H2,1H3. The highest BCUT2D eigenvalue weighted by molar-refractivity contribution is 5.81. The van der Waals surface area contributed by atoms with E-state index in [0.717, 1.165) is 10.9 Å². The number of ether oxygens (including phenoxy) is 1. The number of non-ortho nitro benzene ring substituents is 1. The van der Waals surface area contributed by atoms with Gasteiger partial charge >= 0.3 is 11.4 Å². The number of aryl methyl sites for hydroxylation is 2. The summed E-state index contributed by atoms with van der Waals surface area (Å²) in [5.41, 5.74) is 1.51. The fourth-order valence-corrected chi connectivity index (χ4v) is 3.38. The van der Waals surface area contributed by atoms with Gasteiger partial charge < -0.3 is 13.6 Å². The minimum atomic E-state index is -0.579. The molecule has 9 nitrogen and oxygen atoms in total. The van der Waals surface area contributed by atoms with Gasteiger partial charge in [-0.25, -0.2) is 9.59 Å². The van der Waals surface area contributed by atoms with Crippen molar-refractivity contribution in [1.29, 1.82) is 0 Å². The summed E-state index contributed by atoms with van der Waals surface area (Å²) in [5.74, 6) is -0.0380. The molecule has 0 saturated carbocycles. The second kappa shape index (κ2) is 7.86. The largest absolute Gasteiger partial charge is 0.493 e. The molecule has 0 saturated heterocycles. The number of benzene rings is 2. The van der Waals surface area contributed by atoms with E-state index in [0.29, 0.717) is 35.3 Å². The van der Waals surface area contributed by atoms with Crippen molar-refractivity contribution in [2.75, 3.05) is 6.61 Å². The number of nitro groups is 1. The van der Waals surface area contributed by atoms with E-state index in [9.17, 15) is 19.7 Å². The average Bonchev–Trinajstić information content (AvgIpc) is 3.04. The highest BCUT2D eigenvalue weighted by atomic mass is 16.6. The third-order valence-electron chi connectivity index (χ3n) is 4.84. The highest BCUT2D eigenvalue weighted by Crippen LogP contribution is 2.23. The van der Waals surface area contributed by atoms with Crippen molar-refractivity contribution in [2.24, 2.45) is 0 Å². The SMILES string of the molecule is CCc1cc(=O)oc2cc(OCCCn3c(=O)oc4ccc([N+](=O)[O-])cc43)ccc12. The van der Waals surface area contributed by atoms with Gasteiger partial charge in [-0.2, -0.15) is 0 Å². The van der Waals surface area contributed by atoms with Crippen LogP contribution in [0.4, 0.5) is 5.69 Å². The molecule has 0 aliphatic heterocycles. The molecule has 0 bridgehead atoms. The van der Waals surface area contributed by atoms with Crippen molar-refractivity contribution in [3.8, 4) is 5.75 Å². The monoisotopic (exact) mass is 410 g/mol. The summed E-state index contributed by atoms with van der Waals surface area (Å²) in [5, 5.41) is 11.8. The fourth-order valence-electron chi connectivity index (χ4n) is 3.38. The lowest BCUT2D eigenvalue weighted by atomic mass is 10.1. The number of aromatic nitrogens is 1. The lowest BCUT2D eigenvalue weighted by molar-refractivity contribution is -0.384. The Morgan fingerprint density at radius 3 is 2.67 bits per heavy atom. The maximum atomic E-state index is 12.1. The topological polar surface area (TPSA) is 118 Å². The molecule has 30 heavy (non-hydrogen) atoms. The minimum Gasteiger partial charge on any atom is -0.493 e. The summed E-state index contributed by atoms with van der Waals surface area (Å²) in [7, 11) is 0. The zero-order valence-electron chi connectivity index (χ0n) is 16.1. The first-order valence-electron chi connectivity index (χ1n) is 9.43. The molecule has 0 amide bonds. The van der Waals surface area contributed by atoms with Crippen LogP contribution in [0.1, 0.15) is 18.9 Å². The van der Waals surface area contributed by atoms with Gasteiger partial charge in [-0.1, -0.05) is 6.92 Å². The van der Waals surface area contributed by atoms with Gasteiger partial charge in [-0.15, -0.1) is 0 Å². The van der Waals surface area contributed by atoms with E-state index in [-0.39, 0.29) is 18.8 Å². The molecule has 9 heteroatoms. The Bertz CT molecular complexity index is 1360. The summed E-state index contributed by atoms with van der Waals surface area (Å²) in [6, 6.07) is 10.8. The molecule has 0 unspecified atom stereocenters. The van der Waals surface area contributed by atoms with Gasteiger partial charge in [-0.3, -0.25) is 14.7 Å². The number of fused-ring (bicyclic) bond motifs is 2. The van der Waals surface area contributed by atoms with Crippen molar-refractivity contribution in [1.82, 2.24) is 4.57 Å². The zero-order valence-corrected chi connectivity index (χ0v) is 16.1. The smallest absolute Gasteiger partial charge is 0.419 e. The van der Waals surface area contributed by atoms with Crippen LogP contribution in [-0.4, -0.2) is 16.1 Å². The Morgan fingerprint density at radius 2 is 1.90 bits per heavy atom. The molecule has 4 rings (SSSR count). The number of nitro benzene ring substituents is 1. The van der Waals surface area contributed by atoms with Crippen LogP contribution in [0, 0.1) is 10.1 Å². The predicted molar refractivity (Wildman–Crippen MR) is 109 cm³/mol. The number of hydrogen-bond acceptors (Lipinski definition) is 7.